The number of benzene rings is 1. The zero-order chi connectivity index (χ0) is 17.3. The molecule has 1 aliphatic heterocycles. The fourth-order valence-corrected chi connectivity index (χ4v) is 3.74. The number of hydrogen-bond acceptors (Lipinski definition) is 4. The molecule has 126 valence electrons. The number of carbonyl (C=O) groups is 2. The van der Waals surface area contributed by atoms with Crippen LogP contribution in [0.1, 0.15) is 29.8 Å². The fourth-order valence-electron chi connectivity index (χ4n) is 2.37. The van der Waals surface area contributed by atoms with Gasteiger partial charge in [0.15, 0.2) is 9.84 Å². The van der Waals surface area contributed by atoms with E-state index >= 15 is 0 Å². The van der Waals surface area contributed by atoms with Gasteiger partial charge in [-0.3, -0.25) is 0 Å². The van der Waals surface area contributed by atoms with Crippen molar-refractivity contribution < 1.29 is 23.1 Å². The van der Waals surface area contributed by atoms with Crippen molar-refractivity contribution in [2.75, 3.05) is 18.8 Å². The molecule has 1 aliphatic rings. The highest BCUT2D eigenvalue weighted by atomic mass is 32.2. The highest BCUT2D eigenvalue weighted by molar-refractivity contribution is 7.92. The number of aromatic carboxylic acids is 1. The van der Waals surface area contributed by atoms with E-state index < -0.39 is 20.6 Å². The summed E-state index contributed by atoms with van der Waals surface area (Å²) < 4.78 is 22.9. The fraction of sp³-hybridized carbons (Fsp3) is 0.467. The number of carboxylic acid groups (broad SMARTS) is 1. The minimum Gasteiger partial charge on any atom is -0.478 e. The van der Waals surface area contributed by atoms with E-state index in [0.717, 1.165) is 5.56 Å². The SMILES string of the molecule is CC1(C)CN(C(=O)NCc2ccc(C(=O)O)cc2)CCS1(=O)=O. The van der Waals surface area contributed by atoms with Crippen molar-refractivity contribution in [2.24, 2.45) is 0 Å². The third kappa shape index (κ3) is 3.82. The molecule has 1 heterocycles. The monoisotopic (exact) mass is 340 g/mol. The lowest BCUT2D eigenvalue weighted by Gasteiger charge is -2.37. The van der Waals surface area contributed by atoms with Crippen LogP contribution in [0.15, 0.2) is 24.3 Å². The summed E-state index contributed by atoms with van der Waals surface area (Å²) in [6.07, 6.45) is 0. The number of rotatable bonds is 3. The zero-order valence-corrected chi connectivity index (χ0v) is 13.9. The predicted molar refractivity (Wildman–Crippen MR) is 85.1 cm³/mol. The second-order valence-electron chi connectivity index (χ2n) is 6.16. The maximum Gasteiger partial charge on any atom is 0.335 e. The maximum atomic E-state index is 12.2. The summed E-state index contributed by atoms with van der Waals surface area (Å²) in [6.45, 7) is 3.82. The third-order valence-electron chi connectivity index (χ3n) is 3.98. The molecule has 0 radical (unpaired) electrons. The Morgan fingerprint density at radius 3 is 2.39 bits per heavy atom. The molecule has 1 fully saturated rings. The molecule has 0 bridgehead atoms. The van der Waals surface area contributed by atoms with Crippen molar-refractivity contribution >= 4 is 21.8 Å². The largest absolute Gasteiger partial charge is 0.478 e. The van der Waals surface area contributed by atoms with E-state index in [2.05, 4.69) is 5.32 Å². The van der Waals surface area contributed by atoms with Gasteiger partial charge in [-0.25, -0.2) is 18.0 Å². The summed E-state index contributed by atoms with van der Waals surface area (Å²) in [4.78, 5) is 24.4. The van der Waals surface area contributed by atoms with Gasteiger partial charge in [0, 0.05) is 19.6 Å². The van der Waals surface area contributed by atoms with Crippen LogP contribution in [0.4, 0.5) is 4.79 Å². The smallest absolute Gasteiger partial charge is 0.335 e. The Bertz CT molecular complexity index is 710. The minimum absolute atomic E-state index is 0.0409. The molecule has 1 saturated heterocycles. The molecular formula is C15H20N2O5S. The van der Waals surface area contributed by atoms with Crippen LogP contribution >= 0.6 is 0 Å². The Kier molecular flexibility index (Phi) is 4.65. The molecule has 0 unspecified atom stereocenters. The molecule has 0 aromatic heterocycles. The van der Waals surface area contributed by atoms with Crippen LogP contribution in [-0.4, -0.2) is 54.0 Å². The van der Waals surface area contributed by atoms with Crippen molar-refractivity contribution in [1.82, 2.24) is 10.2 Å². The summed E-state index contributed by atoms with van der Waals surface area (Å²) in [7, 11) is -3.18. The molecule has 7 nitrogen and oxygen atoms in total. The van der Waals surface area contributed by atoms with Crippen LogP contribution in [0.5, 0.6) is 0 Å². The number of nitrogens with zero attached hydrogens (tertiary/aromatic N) is 1. The van der Waals surface area contributed by atoms with Gasteiger partial charge >= 0.3 is 12.0 Å². The molecular weight excluding hydrogens is 320 g/mol. The normalized spacial score (nSPS) is 19.1. The van der Waals surface area contributed by atoms with Gasteiger partial charge < -0.3 is 15.3 Å². The number of sulfone groups is 1. The first-order valence-electron chi connectivity index (χ1n) is 7.20. The Morgan fingerprint density at radius 1 is 1.26 bits per heavy atom. The summed E-state index contributed by atoms with van der Waals surface area (Å²) in [5, 5.41) is 11.6. The van der Waals surface area contributed by atoms with Gasteiger partial charge in [0.1, 0.15) is 0 Å². The zero-order valence-electron chi connectivity index (χ0n) is 13.1. The van der Waals surface area contributed by atoms with E-state index in [9.17, 15) is 18.0 Å². The summed E-state index contributed by atoms with van der Waals surface area (Å²) in [5.41, 5.74) is 0.954. The second kappa shape index (κ2) is 6.19. The average Bonchev–Trinajstić information content (AvgIpc) is 2.48. The molecule has 23 heavy (non-hydrogen) atoms. The van der Waals surface area contributed by atoms with E-state index in [0.29, 0.717) is 0 Å². The number of urea groups is 1. The standard InChI is InChI=1S/C15H20N2O5S/c1-15(2)10-17(7-8-23(15,21)22)14(20)16-9-11-3-5-12(6-4-11)13(18)19/h3-6H,7-10H2,1-2H3,(H,16,20)(H,18,19). The first-order chi connectivity index (χ1) is 10.6. The minimum atomic E-state index is -3.18. The Balaban J connectivity index is 1.94. The number of carboxylic acids is 1. The van der Waals surface area contributed by atoms with E-state index in [1.165, 1.54) is 17.0 Å². The lowest BCUT2D eigenvalue weighted by molar-refractivity contribution is 0.0697. The van der Waals surface area contributed by atoms with Crippen LogP contribution in [-0.2, 0) is 16.4 Å². The Morgan fingerprint density at radius 2 is 1.87 bits per heavy atom. The molecule has 8 heteroatoms. The lowest BCUT2D eigenvalue weighted by Crippen LogP contribution is -2.56. The molecule has 2 rings (SSSR count). The van der Waals surface area contributed by atoms with E-state index in [1.807, 2.05) is 0 Å². The summed E-state index contributed by atoms with van der Waals surface area (Å²) >= 11 is 0. The van der Waals surface area contributed by atoms with Crippen LogP contribution < -0.4 is 5.32 Å². The van der Waals surface area contributed by atoms with E-state index in [4.69, 9.17) is 5.11 Å². The molecule has 2 N–H and O–H groups in total. The number of carbonyl (C=O) groups excluding carboxylic acids is 1. The highest BCUT2D eigenvalue weighted by Gasteiger charge is 2.41. The molecule has 0 atom stereocenters. The van der Waals surface area contributed by atoms with Gasteiger partial charge in [0.2, 0.25) is 0 Å². The predicted octanol–water partition coefficient (Wildman–Crippen LogP) is 1.10. The van der Waals surface area contributed by atoms with Crippen LogP contribution in [0.3, 0.4) is 0 Å². The number of amides is 2. The quantitative estimate of drug-likeness (QED) is 0.857. The molecule has 2 amide bonds. The second-order valence-corrected chi connectivity index (χ2v) is 8.90. The molecule has 0 saturated carbocycles. The van der Waals surface area contributed by atoms with E-state index in [-0.39, 0.29) is 37.0 Å². The van der Waals surface area contributed by atoms with Crippen molar-refractivity contribution in [3.63, 3.8) is 0 Å². The van der Waals surface area contributed by atoms with Gasteiger partial charge in [-0.15, -0.1) is 0 Å². The van der Waals surface area contributed by atoms with Crippen LogP contribution in [0, 0.1) is 0 Å². The maximum absolute atomic E-state index is 12.2. The van der Waals surface area contributed by atoms with Crippen molar-refractivity contribution in [2.45, 2.75) is 25.1 Å². The summed E-state index contributed by atoms with van der Waals surface area (Å²) in [6, 6.07) is 5.89. The van der Waals surface area contributed by atoms with Gasteiger partial charge in [-0.05, 0) is 31.5 Å². The van der Waals surface area contributed by atoms with Gasteiger partial charge in [0.25, 0.3) is 0 Å². The average molecular weight is 340 g/mol. The first kappa shape index (κ1) is 17.3. The van der Waals surface area contributed by atoms with Gasteiger partial charge in [0.05, 0.1) is 16.1 Å². The Labute approximate surface area is 135 Å². The van der Waals surface area contributed by atoms with Crippen molar-refractivity contribution in [1.29, 1.82) is 0 Å². The number of nitrogens with one attached hydrogen (secondary N) is 1. The van der Waals surface area contributed by atoms with Crippen LogP contribution in [0.2, 0.25) is 0 Å². The highest BCUT2D eigenvalue weighted by Crippen LogP contribution is 2.23. The van der Waals surface area contributed by atoms with Gasteiger partial charge in [-0.1, -0.05) is 12.1 Å². The lowest BCUT2D eigenvalue weighted by atomic mass is 10.1. The molecule has 1 aromatic carbocycles. The van der Waals surface area contributed by atoms with Crippen molar-refractivity contribution in [3.8, 4) is 0 Å². The molecule has 1 aromatic rings. The van der Waals surface area contributed by atoms with Crippen LogP contribution in [0.25, 0.3) is 0 Å². The summed E-state index contributed by atoms with van der Waals surface area (Å²) in [5.74, 6) is -1.04. The van der Waals surface area contributed by atoms with Gasteiger partial charge in [-0.2, -0.15) is 0 Å². The third-order valence-corrected chi connectivity index (χ3v) is 6.51. The Hall–Kier alpha value is -2.09. The topological polar surface area (TPSA) is 104 Å². The molecule has 0 spiro atoms. The number of hydrogen-bond donors (Lipinski definition) is 2. The van der Waals surface area contributed by atoms with Crippen molar-refractivity contribution in [3.05, 3.63) is 35.4 Å². The first-order valence-corrected chi connectivity index (χ1v) is 8.85. The van der Waals surface area contributed by atoms with E-state index in [1.54, 1.807) is 26.0 Å². The molecule has 0 aliphatic carbocycles.